The SMILES string of the molecule is CN(C(=O)CS(=O)c1ccc(F)cc1)c1ccc(N)cc1. The smallest absolute Gasteiger partial charge is 0.239 e. The van der Waals surface area contributed by atoms with Gasteiger partial charge in [-0.2, -0.15) is 0 Å². The highest BCUT2D eigenvalue weighted by Crippen LogP contribution is 2.16. The van der Waals surface area contributed by atoms with Gasteiger partial charge in [-0.1, -0.05) is 0 Å². The second kappa shape index (κ2) is 6.49. The molecule has 21 heavy (non-hydrogen) atoms. The van der Waals surface area contributed by atoms with E-state index in [-0.39, 0.29) is 11.7 Å². The van der Waals surface area contributed by atoms with Crippen LogP contribution >= 0.6 is 0 Å². The van der Waals surface area contributed by atoms with E-state index >= 15 is 0 Å². The van der Waals surface area contributed by atoms with E-state index in [4.69, 9.17) is 5.73 Å². The van der Waals surface area contributed by atoms with E-state index in [1.54, 1.807) is 31.3 Å². The molecule has 2 aromatic carbocycles. The third kappa shape index (κ3) is 3.88. The van der Waals surface area contributed by atoms with Gasteiger partial charge in [0, 0.05) is 23.3 Å². The summed E-state index contributed by atoms with van der Waals surface area (Å²) in [4.78, 5) is 14.0. The van der Waals surface area contributed by atoms with Gasteiger partial charge >= 0.3 is 0 Å². The summed E-state index contributed by atoms with van der Waals surface area (Å²) in [5, 5.41) is 0. The van der Waals surface area contributed by atoms with E-state index < -0.39 is 16.6 Å². The highest BCUT2D eigenvalue weighted by molar-refractivity contribution is 7.85. The second-order valence-corrected chi connectivity index (χ2v) is 5.94. The number of hydrogen-bond donors (Lipinski definition) is 1. The number of carbonyl (C=O) groups is 1. The molecule has 0 fully saturated rings. The fourth-order valence-corrected chi connectivity index (χ4v) is 2.74. The van der Waals surface area contributed by atoms with Crippen LogP contribution in [0.25, 0.3) is 0 Å². The van der Waals surface area contributed by atoms with Gasteiger partial charge in [-0.05, 0) is 48.5 Å². The normalized spacial score (nSPS) is 11.9. The van der Waals surface area contributed by atoms with Crippen molar-refractivity contribution in [2.24, 2.45) is 0 Å². The van der Waals surface area contributed by atoms with Crippen LogP contribution in [0.4, 0.5) is 15.8 Å². The molecule has 1 unspecified atom stereocenters. The zero-order valence-corrected chi connectivity index (χ0v) is 12.3. The van der Waals surface area contributed by atoms with Gasteiger partial charge in [0.25, 0.3) is 0 Å². The van der Waals surface area contributed by atoms with Crippen molar-refractivity contribution in [3.63, 3.8) is 0 Å². The van der Waals surface area contributed by atoms with Crippen molar-refractivity contribution in [2.45, 2.75) is 4.90 Å². The van der Waals surface area contributed by atoms with Crippen LogP contribution in [0.15, 0.2) is 53.4 Å². The molecule has 0 aliphatic carbocycles. The maximum absolute atomic E-state index is 12.8. The second-order valence-electron chi connectivity index (χ2n) is 4.49. The molecular weight excluding hydrogens is 291 g/mol. The molecule has 2 N–H and O–H groups in total. The number of carbonyl (C=O) groups excluding carboxylic acids is 1. The van der Waals surface area contributed by atoms with Gasteiger partial charge in [0.05, 0.1) is 10.8 Å². The van der Waals surface area contributed by atoms with Crippen LogP contribution in [0.1, 0.15) is 0 Å². The minimum absolute atomic E-state index is 0.160. The summed E-state index contributed by atoms with van der Waals surface area (Å²) < 4.78 is 24.9. The summed E-state index contributed by atoms with van der Waals surface area (Å²) in [6.07, 6.45) is 0. The number of nitrogen functional groups attached to an aromatic ring is 1. The molecule has 1 amide bonds. The standard InChI is InChI=1S/C15H15FN2O2S/c1-18(13-6-4-12(17)5-7-13)15(19)10-21(20)14-8-2-11(16)3-9-14/h2-9H,10,17H2,1H3. The zero-order valence-electron chi connectivity index (χ0n) is 11.5. The maximum atomic E-state index is 12.8. The number of amides is 1. The van der Waals surface area contributed by atoms with Crippen LogP contribution in [0.5, 0.6) is 0 Å². The van der Waals surface area contributed by atoms with E-state index in [1.165, 1.54) is 29.2 Å². The predicted octanol–water partition coefficient (Wildman–Crippen LogP) is 2.18. The van der Waals surface area contributed by atoms with Crippen LogP contribution in [-0.2, 0) is 15.6 Å². The Morgan fingerprint density at radius 3 is 2.29 bits per heavy atom. The molecular formula is C15H15FN2O2S. The largest absolute Gasteiger partial charge is 0.399 e. The topological polar surface area (TPSA) is 63.4 Å². The Labute approximate surface area is 124 Å². The van der Waals surface area contributed by atoms with Gasteiger partial charge in [0.2, 0.25) is 5.91 Å². The van der Waals surface area contributed by atoms with Crippen LogP contribution in [0.2, 0.25) is 0 Å². The first kappa shape index (κ1) is 15.2. The molecule has 0 saturated carbocycles. The van der Waals surface area contributed by atoms with Crippen molar-refractivity contribution in [3.8, 4) is 0 Å². The van der Waals surface area contributed by atoms with Gasteiger partial charge in [0.15, 0.2) is 0 Å². The molecule has 0 saturated heterocycles. The van der Waals surface area contributed by atoms with E-state index in [1.807, 2.05) is 0 Å². The molecule has 0 aromatic heterocycles. The van der Waals surface area contributed by atoms with E-state index in [9.17, 15) is 13.4 Å². The molecule has 0 aliphatic rings. The highest BCUT2D eigenvalue weighted by Gasteiger charge is 2.15. The molecule has 2 aromatic rings. The predicted molar refractivity (Wildman–Crippen MR) is 81.9 cm³/mol. The summed E-state index contributed by atoms with van der Waals surface area (Å²) in [6, 6.07) is 12.1. The average molecular weight is 306 g/mol. The van der Waals surface area contributed by atoms with Crippen molar-refractivity contribution in [1.29, 1.82) is 0 Å². The van der Waals surface area contributed by atoms with Crippen LogP contribution in [-0.4, -0.2) is 22.9 Å². The Bertz CT molecular complexity index is 656. The van der Waals surface area contributed by atoms with Gasteiger partial charge in [-0.15, -0.1) is 0 Å². The van der Waals surface area contributed by atoms with E-state index in [0.717, 1.165) is 0 Å². The summed E-state index contributed by atoms with van der Waals surface area (Å²) in [7, 11) is 0.104. The summed E-state index contributed by atoms with van der Waals surface area (Å²) in [5.41, 5.74) is 6.87. The summed E-state index contributed by atoms with van der Waals surface area (Å²) >= 11 is 0. The fraction of sp³-hybridized carbons (Fsp3) is 0.133. The first-order valence-electron chi connectivity index (χ1n) is 6.23. The van der Waals surface area contributed by atoms with Gasteiger partial charge in [-0.3, -0.25) is 9.00 Å². The molecule has 0 heterocycles. The number of nitrogens with two attached hydrogens (primary N) is 1. The minimum atomic E-state index is -1.50. The molecule has 4 nitrogen and oxygen atoms in total. The van der Waals surface area contributed by atoms with Crippen molar-refractivity contribution in [1.82, 2.24) is 0 Å². The lowest BCUT2D eigenvalue weighted by atomic mass is 10.2. The lowest BCUT2D eigenvalue weighted by Gasteiger charge is -2.17. The molecule has 110 valence electrons. The van der Waals surface area contributed by atoms with Gasteiger partial charge < -0.3 is 10.6 Å². The molecule has 0 radical (unpaired) electrons. The Hall–Kier alpha value is -2.21. The van der Waals surface area contributed by atoms with Crippen molar-refractivity contribution >= 4 is 28.1 Å². The van der Waals surface area contributed by atoms with Crippen LogP contribution in [0, 0.1) is 5.82 Å². The van der Waals surface area contributed by atoms with E-state index in [2.05, 4.69) is 0 Å². The van der Waals surface area contributed by atoms with Crippen molar-refractivity contribution in [3.05, 3.63) is 54.3 Å². The summed E-state index contributed by atoms with van der Waals surface area (Å²) in [5.74, 6) is -0.851. The maximum Gasteiger partial charge on any atom is 0.239 e. The third-order valence-electron chi connectivity index (χ3n) is 2.99. The Kier molecular flexibility index (Phi) is 4.70. The van der Waals surface area contributed by atoms with Crippen LogP contribution < -0.4 is 10.6 Å². The average Bonchev–Trinajstić information content (AvgIpc) is 2.47. The number of hydrogen-bond acceptors (Lipinski definition) is 3. The number of halogens is 1. The number of benzene rings is 2. The third-order valence-corrected chi connectivity index (χ3v) is 4.29. The van der Waals surface area contributed by atoms with E-state index in [0.29, 0.717) is 16.3 Å². The molecule has 6 heteroatoms. The Morgan fingerprint density at radius 1 is 1.14 bits per heavy atom. The lowest BCUT2D eigenvalue weighted by Crippen LogP contribution is -2.30. The monoisotopic (exact) mass is 306 g/mol. The fourth-order valence-electron chi connectivity index (χ4n) is 1.72. The quantitative estimate of drug-likeness (QED) is 0.881. The first-order chi connectivity index (χ1) is 9.97. The van der Waals surface area contributed by atoms with Crippen LogP contribution in [0.3, 0.4) is 0 Å². The summed E-state index contributed by atoms with van der Waals surface area (Å²) in [6.45, 7) is 0. The van der Waals surface area contributed by atoms with Gasteiger partial charge in [0.1, 0.15) is 11.6 Å². The highest BCUT2D eigenvalue weighted by atomic mass is 32.2. The molecule has 0 bridgehead atoms. The Balaban J connectivity index is 2.05. The zero-order chi connectivity index (χ0) is 15.4. The number of nitrogens with zero attached hydrogens (tertiary/aromatic N) is 1. The molecule has 1 atom stereocenters. The van der Waals surface area contributed by atoms with Crippen molar-refractivity contribution < 1.29 is 13.4 Å². The molecule has 2 rings (SSSR count). The number of rotatable bonds is 4. The molecule has 0 aliphatic heterocycles. The minimum Gasteiger partial charge on any atom is -0.399 e. The lowest BCUT2D eigenvalue weighted by molar-refractivity contribution is -0.115. The number of anilines is 2. The molecule has 0 spiro atoms. The first-order valence-corrected chi connectivity index (χ1v) is 7.55. The Morgan fingerprint density at radius 2 is 1.71 bits per heavy atom. The van der Waals surface area contributed by atoms with Crippen molar-refractivity contribution in [2.75, 3.05) is 23.4 Å². The van der Waals surface area contributed by atoms with Gasteiger partial charge in [-0.25, -0.2) is 4.39 Å².